The molecule has 0 fully saturated rings. The SMILES string of the molecule is CCS/C(Br)=C\c1ccccc1. The van der Waals surface area contributed by atoms with Crippen LogP contribution in [-0.2, 0) is 0 Å². The Morgan fingerprint density at radius 3 is 2.67 bits per heavy atom. The van der Waals surface area contributed by atoms with Crippen LogP contribution in [0.3, 0.4) is 0 Å². The predicted octanol–water partition coefficient (Wildman–Crippen LogP) is 4.13. The lowest BCUT2D eigenvalue weighted by atomic mass is 10.2. The lowest BCUT2D eigenvalue weighted by molar-refractivity contribution is 1.54. The molecule has 1 aromatic carbocycles. The topological polar surface area (TPSA) is 0 Å². The van der Waals surface area contributed by atoms with Crippen molar-refractivity contribution in [2.24, 2.45) is 0 Å². The first kappa shape index (κ1) is 9.87. The van der Waals surface area contributed by atoms with E-state index in [1.807, 2.05) is 18.2 Å². The van der Waals surface area contributed by atoms with E-state index in [1.54, 1.807) is 11.8 Å². The third-order valence-corrected chi connectivity index (χ3v) is 2.96. The Kier molecular flexibility index (Phi) is 4.48. The van der Waals surface area contributed by atoms with Crippen molar-refractivity contribution in [3.05, 3.63) is 39.7 Å². The molecule has 0 radical (unpaired) electrons. The summed E-state index contributed by atoms with van der Waals surface area (Å²) in [6.45, 7) is 2.14. The van der Waals surface area contributed by atoms with E-state index in [0.29, 0.717) is 0 Å². The van der Waals surface area contributed by atoms with Gasteiger partial charge in [0.05, 0.1) is 3.81 Å². The fourth-order valence-electron chi connectivity index (χ4n) is 0.860. The predicted molar refractivity (Wildman–Crippen MR) is 61.5 cm³/mol. The first-order chi connectivity index (χ1) is 5.83. The molecule has 0 N–H and O–H groups in total. The van der Waals surface area contributed by atoms with E-state index in [0.717, 1.165) is 5.75 Å². The summed E-state index contributed by atoms with van der Waals surface area (Å²) in [5, 5.41) is 0. The Balaban J connectivity index is 2.67. The summed E-state index contributed by atoms with van der Waals surface area (Å²) in [5.41, 5.74) is 1.24. The standard InChI is InChI=1S/C10H11BrS/c1-2-12-10(11)8-9-6-4-3-5-7-9/h3-8H,2H2,1H3/b10-8-. The number of hydrogen-bond acceptors (Lipinski definition) is 1. The molecule has 0 saturated carbocycles. The number of hydrogen-bond donors (Lipinski definition) is 0. The van der Waals surface area contributed by atoms with Gasteiger partial charge in [0.15, 0.2) is 0 Å². The Bertz CT molecular complexity index is 254. The molecule has 0 aliphatic rings. The maximum Gasteiger partial charge on any atom is 0.0508 e. The second kappa shape index (κ2) is 5.44. The number of benzene rings is 1. The Morgan fingerprint density at radius 2 is 2.08 bits per heavy atom. The quantitative estimate of drug-likeness (QED) is 0.769. The highest BCUT2D eigenvalue weighted by Gasteiger charge is 1.90. The van der Waals surface area contributed by atoms with Crippen LogP contribution in [0, 0.1) is 0 Å². The summed E-state index contributed by atoms with van der Waals surface area (Å²) in [6.07, 6.45) is 2.13. The summed E-state index contributed by atoms with van der Waals surface area (Å²) >= 11 is 5.30. The Labute approximate surface area is 86.2 Å². The lowest BCUT2D eigenvalue weighted by Gasteiger charge is -1.95. The van der Waals surface area contributed by atoms with Crippen molar-refractivity contribution in [3.63, 3.8) is 0 Å². The molecule has 0 spiro atoms. The maximum atomic E-state index is 3.50. The number of halogens is 1. The summed E-state index contributed by atoms with van der Waals surface area (Å²) in [7, 11) is 0. The minimum atomic E-state index is 1.10. The van der Waals surface area contributed by atoms with Crippen LogP contribution in [0.5, 0.6) is 0 Å². The molecule has 0 unspecified atom stereocenters. The molecule has 0 nitrogen and oxygen atoms in total. The van der Waals surface area contributed by atoms with E-state index >= 15 is 0 Å². The van der Waals surface area contributed by atoms with Crippen LogP contribution < -0.4 is 0 Å². The molecule has 0 saturated heterocycles. The number of thioether (sulfide) groups is 1. The molecule has 0 aliphatic carbocycles. The largest absolute Gasteiger partial charge is 0.119 e. The molecule has 0 amide bonds. The number of rotatable bonds is 3. The second-order valence-corrected chi connectivity index (χ2v) is 4.98. The van der Waals surface area contributed by atoms with Gasteiger partial charge in [-0.1, -0.05) is 37.3 Å². The van der Waals surface area contributed by atoms with Crippen LogP contribution in [-0.4, -0.2) is 5.75 Å². The Morgan fingerprint density at radius 1 is 1.42 bits per heavy atom. The van der Waals surface area contributed by atoms with Gasteiger partial charge in [-0.15, -0.1) is 11.8 Å². The monoisotopic (exact) mass is 242 g/mol. The average Bonchev–Trinajstić information content (AvgIpc) is 2.06. The van der Waals surface area contributed by atoms with Gasteiger partial charge in [0.1, 0.15) is 0 Å². The fourth-order valence-corrected chi connectivity index (χ4v) is 2.31. The van der Waals surface area contributed by atoms with Crippen molar-refractivity contribution in [3.8, 4) is 0 Å². The third kappa shape index (κ3) is 3.46. The molecular formula is C10H11BrS. The van der Waals surface area contributed by atoms with Crippen LogP contribution >= 0.6 is 27.7 Å². The van der Waals surface area contributed by atoms with Gasteiger partial charge in [-0.25, -0.2) is 0 Å². The van der Waals surface area contributed by atoms with E-state index in [2.05, 4.69) is 41.1 Å². The summed E-state index contributed by atoms with van der Waals surface area (Å²) in [4.78, 5) is 0. The molecule has 0 atom stereocenters. The summed E-state index contributed by atoms with van der Waals surface area (Å²) in [5.74, 6) is 1.10. The van der Waals surface area contributed by atoms with Gasteiger partial charge in [0.2, 0.25) is 0 Å². The van der Waals surface area contributed by atoms with Gasteiger partial charge in [0.25, 0.3) is 0 Å². The zero-order valence-corrected chi connectivity index (χ0v) is 9.36. The molecule has 12 heavy (non-hydrogen) atoms. The first-order valence-electron chi connectivity index (χ1n) is 3.88. The zero-order valence-electron chi connectivity index (χ0n) is 6.96. The van der Waals surface area contributed by atoms with Gasteiger partial charge in [-0.05, 0) is 33.3 Å². The third-order valence-electron chi connectivity index (χ3n) is 1.36. The molecule has 0 bridgehead atoms. The van der Waals surface area contributed by atoms with Crippen LogP contribution in [0.15, 0.2) is 34.1 Å². The minimum Gasteiger partial charge on any atom is -0.119 e. The van der Waals surface area contributed by atoms with Crippen LogP contribution in [0.1, 0.15) is 12.5 Å². The van der Waals surface area contributed by atoms with E-state index in [9.17, 15) is 0 Å². The highest BCUT2D eigenvalue weighted by Crippen LogP contribution is 2.24. The van der Waals surface area contributed by atoms with Crippen LogP contribution in [0.2, 0.25) is 0 Å². The normalized spacial score (nSPS) is 11.7. The van der Waals surface area contributed by atoms with E-state index in [1.165, 1.54) is 9.38 Å². The van der Waals surface area contributed by atoms with Gasteiger partial charge in [0, 0.05) is 0 Å². The van der Waals surface area contributed by atoms with Gasteiger partial charge in [-0.3, -0.25) is 0 Å². The lowest BCUT2D eigenvalue weighted by Crippen LogP contribution is -1.70. The zero-order chi connectivity index (χ0) is 8.81. The van der Waals surface area contributed by atoms with Gasteiger partial charge in [-0.2, -0.15) is 0 Å². The fraction of sp³-hybridized carbons (Fsp3) is 0.200. The smallest absolute Gasteiger partial charge is 0.0508 e. The average molecular weight is 243 g/mol. The van der Waals surface area contributed by atoms with Crippen molar-refractivity contribution < 1.29 is 0 Å². The van der Waals surface area contributed by atoms with Crippen LogP contribution in [0.4, 0.5) is 0 Å². The second-order valence-electron chi connectivity index (χ2n) is 2.29. The van der Waals surface area contributed by atoms with Crippen molar-refractivity contribution in [1.29, 1.82) is 0 Å². The van der Waals surface area contributed by atoms with E-state index < -0.39 is 0 Å². The molecule has 0 aromatic heterocycles. The highest BCUT2D eigenvalue weighted by molar-refractivity contribution is 9.14. The van der Waals surface area contributed by atoms with Crippen molar-refractivity contribution >= 4 is 33.8 Å². The van der Waals surface area contributed by atoms with Crippen molar-refractivity contribution in [2.45, 2.75) is 6.92 Å². The van der Waals surface area contributed by atoms with E-state index in [4.69, 9.17) is 0 Å². The molecule has 1 aromatic rings. The Hall–Kier alpha value is -0.210. The first-order valence-corrected chi connectivity index (χ1v) is 5.66. The van der Waals surface area contributed by atoms with Crippen molar-refractivity contribution in [1.82, 2.24) is 0 Å². The summed E-state index contributed by atoms with van der Waals surface area (Å²) < 4.78 is 1.19. The molecular weight excluding hydrogens is 232 g/mol. The molecule has 1 rings (SSSR count). The summed E-state index contributed by atoms with van der Waals surface area (Å²) in [6, 6.07) is 10.3. The van der Waals surface area contributed by atoms with Crippen molar-refractivity contribution in [2.75, 3.05) is 5.75 Å². The van der Waals surface area contributed by atoms with Gasteiger partial charge < -0.3 is 0 Å². The molecule has 2 heteroatoms. The maximum absolute atomic E-state index is 3.50. The molecule has 64 valence electrons. The minimum absolute atomic E-state index is 1.10. The van der Waals surface area contributed by atoms with E-state index in [-0.39, 0.29) is 0 Å². The van der Waals surface area contributed by atoms with Gasteiger partial charge >= 0.3 is 0 Å². The van der Waals surface area contributed by atoms with Crippen LogP contribution in [0.25, 0.3) is 6.08 Å². The molecule has 0 aliphatic heterocycles. The molecule has 0 heterocycles. The highest BCUT2D eigenvalue weighted by atomic mass is 79.9.